The molecule has 7 heteroatoms. The number of carbonyl (C=O) groups excluding carboxylic acids is 1. The minimum Gasteiger partial charge on any atom is -0.481 e. The summed E-state index contributed by atoms with van der Waals surface area (Å²) in [5.74, 6) is -1.23. The van der Waals surface area contributed by atoms with Gasteiger partial charge >= 0.3 is 5.97 Å². The van der Waals surface area contributed by atoms with Crippen molar-refractivity contribution in [3.05, 3.63) is 105 Å². The summed E-state index contributed by atoms with van der Waals surface area (Å²) in [5, 5.41) is 18.2. The molecule has 0 aliphatic heterocycles. The second-order valence-electron chi connectivity index (χ2n) is 11.3. The quantitative estimate of drug-likeness (QED) is 0.208. The number of carboxylic acid groups (broad SMARTS) is 1. The van der Waals surface area contributed by atoms with Crippen molar-refractivity contribution < 1.29 is 14.7 Å². The number of anilines is 1. The summed E-state index contributed by atoms with van der Waals surface area (Å²) in [6.07, 6.45) is 3.33. The Balaban J connectivity index is 1.42. The summed E-state index contributed by atoms with van der Waals surface area (Å²) in [4.78, 5) is 28.3. The molecule has 1 aliphatic carbocycles. The molecule has 5 rings (SSSR count). The SMILES string of the molecule is CC(C)(C)c1ccc(-c2csc(C(Nc3ccc4c(c3)CCC4)c3ccc(C(=O)NCCC(=O)O)cc3)n2)cc1. The number of amides is 1. The number of aliphatic carboxylic acids is 1. The van der Waals surface area contributed by atoms with Crippen LogP contribution in [0, 0.1) is 0 Å². The van der Waals surface area contributed by atoms with Crippen molar-refractivity contribution in [1.82, 2.24) is 10.3 Å². The van der Waals surface area contributed by atoms with Crippen LogP contribution in [0.2, 0.25) is 0 Å². The number of fused-ring (bicyclic) bond motifs is 1. The summed E-state index contributed by atoms with van der Waals surface area (Å²) in [6.45, 7) is 6.73. The fourth-order valence-corrected chi connectivity index (χ4v) is 5.92. The number of rotatable bonds is 9. The first kappa shape index (κ1) is 27.6. The van der Waals surface area contributed by atoms with Crippen molar-refractivity contribution in [3.8, 4) is 11.3 Å². The average molecular weight is 554 g/mol. The Labute approximate surface area is 239 Å². The van der Waals surface area contributed by atoms with Crippen molar-refractivity contribution in [3.63, 3.8) is 0 Å². The van der Waals surface area contributed by atoms with Crippen LogP contribution in [-0.4, -0.2) is 28.5 Å². The van der Waals surface area contributed by atoms with E-state index in [1.165, 1.54) is 23.1 Å². The number of hydrogen-bond acceptors (Lipinski definition) is 5. The van der Waals surface area contributed by atoms with E-state index >= 15 is 0 Å². The Kier molecular flexibility index (Phi) is 8.03. The third kappa shape index (κ3) is 6.42. The number of aromatic nitrogens is 1. The minimum absolute atomic E-state index is 0.0932. The van der Waals surface area contributed by atoms with Crippen LogP contribution in [0.15, 0.2) is 72.1 Å². The van der Waals surface area contributed by atoms with Crippen molar-refractivity contribution >= 4 is 28.9 Å². The Morgan fingerprint density at radius 1 is 0.975 bits per heavy atom. The van der Waals surface area contributed by atoms with Crippen molar-refractivity contribution in [2.24, 2.45) is 0 Å². The third-order valence-corrected chi connectivity index (χ3v) is 8.27. The lowest BCUT2D eigenvalue weighted by atomic mass is 9.86. The lowest BCUT2D eigenvalue weighted by Crippen LogP contribution is -2.26. The zero-order valence-electron chi connectivity index (χ0n) is 23.2. The van der Waals surface area contributed by atoms with Gasteiger partial charge in [0.15, 0.2) is 0 Å². The third-order valence-electron chi connectivity index (χ3n) is 7.36. The van der Waals surface area contributed by atoms with Crippen LogP contribution >= 0.6 is 11.3 Å². The second kappa shape index (κ2) is 11.6. The first-order valence-corrected chi connectivity index (χ1v) is 14.6. The number of aryl methyl sites for hydroxylation is 2. The Hall–Kier alpha value is -3.97. The first-order valence-electron chi connectivity index (χ1n) is 13.7. The van der Waals surface area contributed by atoms with Gasteiger partial charge in [0.1, 0.15) is 11.0 Å². The van der Waals surface area contributed by atoms with Gasteiger partial charge < -0.3 is 15.7 Å². The Morgan fingerprint density at radius 2 is 1.70 bits per heavy atom. The van der Waals surface area contributed by atoms with Crippen LogP contribution in [0.4, 0.5) is 5.69 Å². The monoisotopic (exact) mass is 553 g/mol. The van der Waals surface area contributed by atoms with E-state index in [1.807, 2.05) is 12.1 Å². The van der Waals surface area contributed by atoms with Crippen molar-refractivity contribution in [2.45, 2.75) is 57.9 Å². The molecule has 3 aromatic carbocycles. The molecule has 0 bridgehead atoms. The van der Waals surface area contributed by atoms with Gasteiger partial charge in [-0.3, -0.25) is 9.59 Å². The van der Waals surface area contributed by atoms with Gasteiger partial charge in [0.05, 0.1) is 12.1 Å². The molecule has 3 N–H and O–H groups in total. The molecule has 1 aromatic heterocycles. The topological polar surface area (TPSA) is 91.3 Å². The van der Waals surface area contributed by atoms with Gasteiger partial charge in [-0.2, -0.15) is 0 Å². The zero-order chi connectivity index (χ0) is 28.3. The smallest absolute Gasteiger partial charge is 0.305 e. The lowest BCUT2D eigenvalue weighted by molar-refractivity contribution is -0.136. The summed E-state index contributed by atoms with van der Waals surface area (Å²) < 4.78 is 0. The van der Waals surface area contributed by atoms with Crippen molar-refractivity contribution in [2.75, 3.05) is 11.9 Å². The number of hydrogen-bond donors (Lipinski definition) is 3. The van der Waals surface area contributed by atoms with E-state index < -0.39 is 5.97 Å². The van der Waals surface area contributed by atoms with Crippen LogP contribution in [0.1, 0.15) is 77.3 Å². The molecule has 6 nitrogen and oxygen atoms in total. The van der Waals surface area contributed by atoms with E-state index in [0.717, 1.165) is 40.4 Å². The molecule has 0 fully saturated rings. The first-order chi connectivity index (χ1) is 19.2. The molecular formula is C33H35N3O3S. The maximum absolute atomic E-state index is 12.5. The largest absolute Gasteiger partial charge is 0.481 e. The van der Waals surface area contributed by atoms with Gasteiger partial charge in [-0.15, -0.1) is 11.3 Å². The summed E-state index contributed by atoms with van der Waals surface area (Å²) in [6, 6.07) is 22.5. The summed E-state index contributed by atoms with van der Waals surface area (Å²) in [5.41, 5.74) is 8.76. The summed E-state index contributed by atoms with van der Waals surface area (Å²) in [7, 11) is 0. The number of thiazole rings is 1. The highest BCUT2D eigenvalue weighted by molar-refractivity contribution is 7.10. The fraction of sp³-hybridized carbons (Fsp3) is 0.303. The van der Waals surface area contributed by atoms with Crippen LogP contribution in [-0.2, 0) is 23.1 Å². The molecular weight excluding hydrogens is 518 g/mol. The predicted molar refractivity (Wildman–Crippen MR) is 161 cm³/mol. The van der Waals surface area contributed by atoms with Gasteiger partial charge in [-0.1, -0.05) is 63.2 Å². The minimum atomic E-state index is -0.941. The molecule has 0 saturated carbocycles. The Morgan fingerprint density at radius 3 is 2.40 bits per heavy atom. The molecule has 0 spiro atoms. The summed E-state index contributed by atoms with van der Waals surface area (Å²) >= 11 is 1.62. The highest BCUT2D eigenvalue weighted by Gasteiger charge is 2.21. The molecule has 1 heterocycles. The number of benzene rings is 3. The Bertz CT molecular complexity index is 1500. The molecule has 4 aromatic rings. The molecule has 206 valence electrons. The van der Waals surface area contributed by atoms with E-state index in [4.69, 9.17) is 10.1 Å². The molecule has 1 amide bonds. The molecule has 1 atom stereocenters. The molecule has 0 saturated heterocycles. The molecule has 0 radical (unpaired) electrons. The van der Waals surface area contributed by atoms with E-state index in [2.05, 4.69) is 79.2 Å². The molecule has 1 unspecified atom stereocenters. The van der Waals surface area contributed by atoms with Crippen LogP contribution < -0.4 is 10.6 Å². The highest BCUT2D eigenvalue weighted by Crippen LogP contribution is 2.34. The highest BCUT2D eigenvalue weighted by atomic mass is 32.1. The predicted octanol–water partition coefficient (Wildman–Crippen LogP) is 7.00. The van der Waals surface area contributed by atoms with Gasteiger partial charge in [0.25, 0.3) is 5.91 Å². The van der Waals surface area contributed by atoms with E-state index in [9.17, 15) is 9.59 Å². The van der Waals surface area contributed by atoms with Crippen LogP contribution in [0.25, 0.3) is 11.3 Å². The molecule has 1 aliphatic rings. The van der Waals surface area contributed by atoms with Crippen molar-refractivity contribution in [1.29, 1.82) is 0 Å². The standard InChI is InChI=1S/C33H35N3O3S/c1-33(2,3)26-14-11-22(12-15-26)28-20-40-32(36-28)30(35-27-16-13-21-5-4-6-25(21)19-27)23-7-9-24(10-8-23)31(39)34-18-17-29(37)38/h7-16,19-20,30,35H,4-6,17-18H2,1-3H3,(H,34,39)(H,37,38). The lowest BCUT2D eigenvalue weighted by Gasteiger charge is -2.20. The number of nitrogens with zero attached hydrogens (tertiary/aromatic N) is 1. The normalized spacial score (nSPS) is 13.5. The fourth-order valence-electron chi connectivity index (χ4n) is 5.02. The van der Waals surface area contributed by atoms with E-state index in [0.29, 0.717) is 5.56 Å². The van der Waals surface area contributed by atoms with Crippen LogP contribution in [0.3, 0.4) is 0 Å². The second-order valence-corrected chi connectivity index (χ2v) is 12.2. The van der Waals surface area contributed by atoms with Gasteiger partial charge in [-0.25, -0.2) is 4.98 Å². The average Bonchev–Trinajstić information content (AvgIpc) is 3.61. The molecule has 40 heavy (non-hydrogen) atoms. The maximum atomic E-state index is 12.5. The van der Waals surface area contributed by atoms with Gasteiger partial charge in [0, 0.05) is 28.7 Å². The number of carbonyl (C=O) groups is 2. The van der Waals surface area contributed by atoms with E-state index in [1.54, 1.807) is 23.5 Å². The maximum Gasteiger partial charge on any atom is 0.305 e. The van der Waals surface area contributed by atoms with Gasteiger partial charge in [0.2, 0.25) is 0 Å². The zero-order valence-corrected chi connectivity index (χ0v) is 24.0. The number of carboxylic acids is 1. The van der Waals surface area contributed by atoms with Crippen LogP contribution in [0.5, 0.6) is 0 Å². The van der Waals surface area contributed by atoms with Gasteiger partial charge in [-0.05, 0) is 71.2 Å². The number of nitrogens with one attached hydrogen (secondary N) is 2. The van der Waals surface area contributed by atoms with E-state index in [-0.39, 0.29) is 30.3 Å².